The molecule has 136 valence electrons. The summed E-state index contributed by atoms with van der Waals surface area (Å²) in [6.45, 7) is 1.88. The highest BCUT2D eigenvalue weighted by molar-refractivity contribution is 7.89. The van der Waals surface area contributed by atoms with Crippen molar-refractivity contribution in [2.45, 2.75) is 24.3 Å². The molecule has 3 aromatic rings. The fourth-order valence-electron chi connectivity index (χ4n) is 2.94. The predicted octanol–water partition coefficient (Wildman–Crippen LogP) is 0.990. The van der Waals surface area contributed by atoms with E-state index < -0.39 is 15.8 Å². The Labute approximate surface area is 149 Å². The van der Waals surface area contributed by atoms with E-state index in [1.165, 1.54) is 18.2 Å². The molecule has 0 aliphatic carbocycles. The summed E-state index contributed by atoms with van der Waals surface area (Å²) in [5, 5.41) is 0. The zero-order valence-electron chi connectivity index (χ0n) is 13.8. The zero-order valence-corrected chi connectivity index (χ0v) is 14.6. The molecule has 1 aliphatic rings. The molecule has 0 atom stereocenters. The molecule has 2 aromatic heterocycles. The normalized spacial score (nSPS) is 15.0. The van der Waals surface area contributed by atoms with Crippen LogP contribution in [0.4, 0.5) is 5.82 Å². The number of benzene rings is 1. The van der Waals surface area contributed by atoms with Crippen molar-refractivity contribution in [3.63, 3.8) is 0 Å². The van der Waals surface area contributed by atoms with Crippen LogP contribution in [0.3, 0.4) is 0 Å². The number of anilines is 1. The number of rotatable bonds is 5. The van der Waals surface area contributed by atoms with Crippen LogP contribution >= 0.6 is 0 Å². The van der Waals surface area contributed by atoms with Gasteiger partial charge in [-0.1, -0.05) is 0 Å². The van der Waals surface area contributed by atoms with E-state index in [4.69, 9.17) is 4.42 Å². The van der Waals surface area contributed by atoms with Gasteiger partial charge in [0.05, 0.1) is 17.0 Å². The van der Waals surface area contributed by atoms with Crippen molar-refractivity contribution in [2.75, 3.05) is 18.0 Å². The summed E-state index contributed by atoms with van der Waals surface area (Å²) < 4.78 is 32.4. The van der Waals surface area contributed by atoms with Gasteiger partial charge in [-0.15, -0.1) is 0 Å². The molecule has 3 heterocycles. The number of hydrogen-bond acceptors (Lipinski definition) is 7. The minimum atomic E-state index is -3.78. The Morgan fingerprint density at radius 2 is 2.04 bits per heavy atom. The molecule has 1 saturated heterocycles. The van der Waals surface area contributed by atoms with Crippen LogP contribution in [0, 0.1) is 0 Å². The van der Waals surface area contributed by atoms with Crippen LogP contribution in [0.15, 0.2) is 44.6 Å². The van der Waals surface area contributed by atoms with Gasteiger partial charge in [-0.2, -0.15) is 0 Å². The standard InChI is InChI=1S/C16H17N5O4S/c22-16-19-12-9-11(3-4-13(12)25-16)26(23,24)18-10-14-17-6-5-15(20-14)21-7-1-2-8-21/h3-6,9,18H,1-2,7-8,10H2,(H,19,22). The summed E-state index contributed by atoms with van der Waals surface area (Å²) >= 11 is 0. The van der Waals surface area contributed by atoms with Crippen molar-refractivity contribution >= 4 is 26.9 Å². The predicted molar refractivity (Wildman–Crippen MR) is 94.3 cm³/mol. The zero-order chi connectivity index (χ0) is 18.1. The van der Waals surface area contributed by atoms with Crippen LogP contribution in [0.1, 0.15) is 18.7 Å². The highest BCUT2D eigenvalue weighted by atomic mass is 32.2. The van der Waals surface area contributed by atoms with Gasteiger partial charge in [0, 0.05) is 19.3 Å². The van der Waals surface area contributed by atoms with Gasteiger partial charge in [-0.3, -0.25) is 4.98 Å². The van der Waals surface area contributed by atoms with E-state index in [1.807, 2.05) is 6.07 Å². The van der Waals surface area contributed by atoms with E-state index in [9.17, 15) is 13.2 Å². The summed E-state index contributed by atoms with van der Waals surface area (Å²) in [7, 11) is -3.78. The van der Waals surface area contributed by atoms with Gasteiger partial charge in [0.25, 0.3) is 0 Å². The van der Waals surface area contributed by atoms with E-state index in [0.717, 1.165) is 31.7 Å². The molecule has 0 amide bonds. The number of aromatic amines is 1. The first-order valence-corrected chi connectivity index (χ1v) is 9.69. The molecule has 0 radical (unpaired) electrons. The molecule has 4 rings (SSSR count). The van der Waals surface area contributed by atoms with E-state index in [0.29, 0.717) is 16.9 Å². The Morgan fingerprint density at radius 3 is 2.85 bits per heavy atom. The second kappa shape index (κ2) is 6.54. The number of fused-ring (bicyclic) bond motifs is 1. The fraction of sp³-hybridized carbons (Fsp3) is 0.312. The number of oxazole rings is 1. The molecule has 0 bridgehead atoms. The third kappa shape index (κ3) is 3.33. The van der Waals surface area contributed by atoms with Gasteiger partial charge in [0.1, 0.15) is 11.6 Å². The van der Waals surface area contributed by atoms with Crippen molar-refractivity contribution in [3.8, 4) is 0 Å². The summed E-state index contributed by atoms with van der Waals surface area (Å²) in [5.74, 6) is 0.578. The summed E-state index contributed by atoms with van der Waals surface area (Å²) in [4.78, 5) is 24.4. The molecule has 1 aromatic carbocycles. The van der Waals surface area contributed by atoms with Crippen molar-refractivity contribution in [3.05, 3.63) is 46.8 Å². The smallest absolute Gasteiger partial charge is 0.408 e. The van der Waals surface area contributed by atoms with E-state index in [1.54, 1.807) is 6.20 Å². The van der Waals surface area contributed by atoms with Crippen molar-refractivity contribution in [1.82, 2.24) is 19.7 Å². The Bertz CT molecular complexity index is 1100. The SMILES string of the molecule is O=c1[nH]c2cc(S(=O)(=O)NCc3nccc(N4CCCC4)n3)ccc2o1. The van der Waals surface area contributed by atoms with Crippen LogP contribution in [0.2, 0.25) is 0 Å². The number of H-pyrrole nitrogens is 1. The minimum absolute atomic E-state index is 0.0239. The lowest BCUT2D eigenvalue weighted by molar-refractivity contribution is 0.555. The quantitative estimate of drug-likeness (QED) is 0.682. The average molecular weight is 375 g/mol. The number of aromatic nitrogens is 3. The van der Waals surface area contributed by atoms with Crippen molar-refractivity contribution in [1.29, 1.82) is 0 Å². The monoisotopic (exact) mass is 375 g/mol. The molecular formula is C16H17N5O4S. The molecule has 1 aliphatic heterocycles. The first-order chi connectivity index (χ1) is 12.5. The molecule has 26 heavy (non-hydrogen) atoms. The maximum absolute atomic E-state index is 12.5. The van der Waals surface area contributed by atoms with Crippen LogP contribution in [0.25, 0.3) is 11.1 Å². The van der Waals surface area contributed by atoms with Crippen LogP contribution in [0.5, 0.6) is 0 Å². The molecule has 0 saturated carbocycles. The Balaban J connectivity index is 1.52. The summed E-state index contributed by atoms with van der Waals surface area (Å²) in [6.07, 6.45) is 3.89. The summed E-state index contributed by atoms with van der Waals surface area (Å²) in [5.41, 5.74) is 0.626. The van der Waals surface area contributed by atoms with Crippen molar-refractivity contribution in [2.24, 2.45) is 0 Å². The van der Waals surface area contributed by atoms with Crippen LogP contribution in [-0.4, -0.2) is 36.5 Å². The lowest BCUT2D eigenvalue weighted by atomic mass is 10.3. The first-order valence-electron chi connectivity index (χ1n) is 8.21. The average Bonchev–Trinajstić information content (AvgIpc) is 3.28. The van der Waals surface area contributed by atoms with E-state index >= 15 is 0 Å². The second-order valence-corrected chi connectivity index (χ2v) is 7.79. The Kier molecular flexibility index (Phi) is 4.21. The number of nitrogens with zero attached hydrogens (tertiary/aromatic N) is 3. The maximum Gasteiger partial charge on any atom is 0.417 e. The minimum Gasteiger partial charge on any atom is -0.408 e. The molecule has 0 spiro atoms. The largest absolute Gasteiger partial charge is 0.417 e. The van der Waals surface area contributed by atoms with Gasteiger partial charge < -0.3 is 9.32 Å². The fourth-order valence-corrected chi connectivity index (χ4v) is 3.94. The number of hydrogen-bond donors (Lipinski definition) is 2. The van der Waals surface area contributed by atoms with E-state index in [-0.39, 0.29) is 11.4 Å². The molecule has 9 nitrogen and oxygen atoms in total. The highest BCUT2D eigenvalue weighted by Crippen LogP contribution is 2.18. The van der Waals surface area contributed by atoms with Crippen molar-refractivity contribution < 1.29 is 12.8 Å². The third-order valence-corrected chi connectivity index (χ3v) is 5.64. The molecule has 1 fully saturated rings. The van der Waals surface area contributed by atoms with E-state index in [2.05, 4.69) is 24.6 Å². The van der Waals surface area contributed by atoms with Gasteiger partial charge in [0.2, 0.25) is 10.0 Å². The lowest BCUT2D eigenvalue weighted by Gasteiger charge is -2.16. The molecule has 10 heteroatoms. The maximum atomic E-state index is 12.5. The van der Waals surface area contributed by atoms with Gasteiger partial charge >= 0.3 is 5.76 Å². The van der Waals surface area contributed by atoms with Gasteiger partial charge in [-0.05, 0) is 37.1 Å². The Hall–Kier alpha value is -2.72. The summed E-state index contributed by atoms with van der Waals surface area (Å²) in [6, 6.07) is 5.99. The topological polar surface area (TPSA) is 121 Å². The number of sulfonamides is 1. The first kappa shape index (κ1) is 16.7. The van der Waals surface area contributed by atoms with Crippen LogP contribution < -0.4 is 15.4 Å². The molecular weight excluding hydrogens is 358 g/mol. The van der Waals surface area contributed by atoms with Gasteiger partial charge in [-0.25, -0.2) is 27.9 Å². The Morgan fingerprint density at radius 1 is 1.23 bits per heavy atom. The second-order valence-electron chi connectivity index (χ2n) is 6.02. The number of nitrogens with one attached hydrogen (secondary N) is 2. The van der Waals surface area contributed by atoms with Crippen LogP contribution in [-0.2, 0) is 16.6 Å². The lowest BCUT2D eigenvalue weighted by Crippen LogP contribution is -2.25. The third-order valence-electron chi connectivity index (χ3n) is 4.24. The van der Waals surface area contributed by atoms with Gasteiger partial charge in [0.15, 0.2) is 5.58 Å². The molecule has 2 N–H and O–H groups in total. The highest BCUT2D eigenvalue weighted by Gasteiger charge is 2.18. The molecule has 0 unspecified atom stereocenters.